The van der Waals surface area contributed by atoms with Crippen LogP contribution in [0.15, 0.2) is 73.2 Å². The zero-order chi connectivity index (χ0) is 29.3. The standard InChI is InChI=1S/C33H37N5O3/c1-6-38-28-13-12-25(19-29(28)35(5)31(40)33(3,4)32(38)41)21-37(17-14-24-10-8-16-34-20-24)30(39)22-36-18-15-26-23(2)9-7-11-27(26)36/h7-13,15-16,18-20H,6,14,17,21-22H2,1-5H3. The summed E-state index contributed by atoms with van der Waals surface area (Å²) in [4.78, 5) is 49.7. The molecular weight excluding hydrogens is 514 g/mol. The second-order valence-corrected chi connectivity index (χ2v) is 11.2. The number of carbonyl (C=O) groups excluding carboxylic acids is 3. The summed E-state index contributed by atoms with van der Waals surface area (Å²) in [5, 5.41) is 1.14. The lowest BCUT2D eigenvalue weighted by molar-refractivity contribution is -0.137. The van der Waals surface area contributed by atoms with E-state index in [0.29, 0.717) is 37.4 Å². The molecule has 41 heavy (non-hydrogen) atoms. The minimum atomic E-state index is -1.17. The van der Waals surface area contributed by atoms with Gasteiger partial charge in [0.2, 0.25) is 17.7 Å². The molecule has 2 aromatic carbocycles. The average Bonchev–Trinajstić information content (AvgIpc) is 3.37. The highest BCUT2D eigenvalue weighted by molar-refractivity contribution is 6.19. The quantitative estimate of drug-likeness (QED) is 0.290. The van der Waals surface area contributed by atoms with Gasteiger partial charge in [-0.15, -0.1) is 0 Å². The van der Waals surface area contributed by atoms with Crippen LogP contribution in [-0.2, 0) is 33.9 Å². The van der Waals surface area contributed by atoms with E-state index < -0.39 is 5.41 Å². The lowest BCUT2D eigenvalue weighted by Gasteiger charge is -2.27. The van der Waals surface area contributed by atoms with E-state index >= 15 is 0 Å². The van der Waals surface area contributed by atoms with Crippen molar-refractivity contribution in [1.82, 2.24) is 14.5 Å². The fourth-order valence-electron chi connectivity index (χ4n) is 5.63. The molecule has 0 radical (unpaired) electrons. The van der Waals surface area contributed by atoms with Gasteiger partial charge in [-0.05, 0) is 81.1 Å². The zero-order valence-electron chi connectivity index (χ0n) is 24.4. The average molecular weight is 552 g/mol. The monoisotopic (exact) mass is 551 g/mol. The van der Waals surface area contributed by atoms with Gasteiger partial charge in [0.25, 0.3) is 0 Å². The number of carbonyl (C=O) groups is 3. The van der Waals surface area contributed by atoms with Gasteiger partial charge in [0.15, 0.2) is 0 Å². The van der Waals surface area contributed by atoms with Crippen LogP contribution < -0.4 is 9.80 Å². The molecule has 0 atom stereocenters. The molecule has 0 N–H and O–H groups in total. The van der Waals surface area contributed by atoms with Crippen LogP contribution in [0.25, 0.3) is 10.9 Å². The van der Waals surface area contributed by atoms with Crippen molar-refractivity contribution in [3.63, 3.8) is 0 Å². The van der Waals surface area contributed by atoms with Gasteiger partial charge in [0.05, 0.1) is 11.4 Å². The molecule has 8 heteroatoms. The summed E-state index contributed by atoms with van der Waals surface area (Å²) < 4.78 is 2.00. The summed E-state index contributed by atoms with van der Waals surface area (Å²) in [7, 11) is 1.71. The SMILES string of the molecule is CCN1C(=O)C(C)(C)C(=O)N(C)c2cc(CN(CCc3cccnc3)C(=O)Cn3ccc4c(C)cccc43)ccc21. The third-order valence-electron chi connectivity index (χ3n) is 8.08. The Morgan fingerprint density at radius 3 is 2.51 bits per heavy atom. The van der Waals surface area contributed by atoms with Crippen molar-refractivity contribution in [2.24, 2.45) is 5.41 Å². The van der Waals surface area contributed by atoms with E-state index in [2.05, 4.69) is 24.0 Å². The van der Waals surface area contributed by atoms with Crippen LogP contribution >= 0.6 is 0 Å². The number of rotatable bonds is 8. The highest BCUT2D eigenvalue weighted by Gasteiger charge is 2.45. The highest BCUT2D eigenvalue weighted by atomic mass is 16.2. The summed E-state index contributed by atoms with van der Waals surface area (Å²) in [6, 6.07) is 17.9. The first-order valence-corrected chi connectivity index (χ1v) is 14.1. The van der Waals surface area contributed by atoms with Gasteiger partial charge < -0.3 is 19.3 Å². The summed E-state index contributed by atoms with van der Waals surface area (Å²) in [6.07, 6.45) is 6.20. The summed E-state index contributed by atoms with van der Waals surface area (Å²) in [6.45, 7) is 8.89. The van der Waals surface area contributed by atoms with Crippen molar-refractivity contribution in [2.45, 2.75) is 47.2 Å². The molecule has 4 aromatic rings. The molecule has 212 valence electrons. The lowest BCUT2D eigenvalue weighted by Crippen LogP contribution is -2.47. The fourth-order valence-corrected chi connectivity index (χ4v) is 5.63. The van der Waals surface area contributed by atoms with E-state index in [9.17, 15) is 14.4 Å². The molecule has 0 spiro atoms. The van der Waals surface area contributed by atoms with Crippen molar-refractivity contribution >= 4 is 40.0 Å². The number of benzene rings is 2. The maximum Gasteiger partial charge on any atom is 0.242 e. The molecule has 0 unspecified atom stereocenters. The van der Waals surface area contributed by atoms with E-state index in [-0.39, 0.29) is 24.3 Å². The normalized spacial score (nSPS) is 14.8. The molecular formula is C33H37N5O3. The number of nitrogens with zero attached hydrogens (tertiary/aromatic N) is 5. The zero-order valence-corrected chi connectivity index (χ0v) is 24.4. The number of amides is 3. The predicted molar refractivity (Wildman–Crippen MR) is 162 cm³/mol. The van der Waals surface area contributed by atoms with Gasteiger partial charge in [-0.3, -0.25) is 19.4 Å². The van der Waals surface area contributed by atoms with Crippen molar-refractivity contribution in [3.8, 4) is 0 Å². The molecule has 2 aromatic heterocycles. The number of hydrogen-bond acceptors (Lipinski definition) is 4. The number of pyridine rings is 1. The van der Waals surface area contributed by atoms with Crippen molar-refractivity contribution in [2.75, 3.05) is 29.9 Å². The summed E-state index contributed by atoms with van der Waals surface area (Å²) in [5.41, 5.74) is 4.34. The third kappa shape index (κ3) is 5.34. The molecule has 8 nitrogen and oxygen atoms in total. The van der Waals surface area contributed by atoms with E-state index in [4.69, 9.17) is 0 Å². The fraction of sp³-hybridized carbons (Fsp3) is 0.333. The minimum absolute atomic E-state index is 0.00114. The van der Waals surface area contributed by atoms with Crippen LogP contribution in [0.5, 0.6) is 0 Å². The van der Waals surface area contributed by atoms with Crippen LogP contribution in [0.4, 0.5) is 11.4 Å². The van der Waals surface area contributed by atoms with Gasteiger partial charge in [0, 0.05) is 56.2 Å². The minimum Gasteiger partial charge on any atom is -0.338 e. The summed E-state index contributed by atoms with van der Waals surface area (Å²) >= 11 is 0. The Balaban J connectivity index is 1.46. The first-order valence-electron chi connectivity index (χ1n) is 14.1. The van der Waals surface area contributed by atoms with Gasteiger partial charge in [-0.2, -0.15) is 0 Å². The van der Waals surface area contributed by atoms with Crippen LogP contribution in [0.3, 0.4) is 0 Å². The predicted octanol–water partition coefficient (Wildman–Crippen LogP) is 4.97. The Morgan fingerprint density at radius 2 is 1.78 bits per heavy atom. The molecule has 0 bridgehead atoms. The third-order valence-corrected chi connectivity index (χ3v) is 8.08. The molecule has 3 amide bonds. The Labute approximate surface area is 241 Å². The summed E-state index contributed by atoms with van der Waals surface area (Å²) in [5.74, 6) is -0.472. The second kappa shape index (κ2) is 11.2. The van der Waals surface area contributed by atoms with Crippen molar-refractivity contribution in [1.29, 1.82) is 0 Å². The van der Waals surface area contributed by atoms with Crippen LogP contribution in [0.2, 0.25) is 0 Å². The van der Waals surface area contributed by atoms with Gasteiger partial charge >= 0.3 is 0 Å². The molecule has 0 aliphatic carbocycles. The molecule has 3 heterocycles. The van der Waals surface area contributed by atoms with E-state index in [1.54, 1.807) is 36.9 Å². The molecule has 1 aliphatic heterocycles. The van der Waals surface area contributed by atoms with E-state index in [1.165, 1.54) is 5.56 Å². The maximum absolute atomic E-state index is 13.8. The molecule has 1 aliphatic rings. The largest absolute Gasteiger partial charge is 0.338 e. The van der Waals surface area contributed by atoms with Crippen molar-refractivity contribution in [3.05, 3.63) is 89.9 Å². The lowest BCUT2D eigenvalue weighted by atomic mass is 9.90. The Kier molecular flexibility index (Phi) is 7.67. The number of fused-ring (bicyclic) bond motifs is 2. The molecule has 5 rings (SSSR count). The number of aromatic nitrogens is 2. The second-order valence-electron chi connectivity index (χ2n) is 11.2. The van der Waals surface area contributed by atoms with Gasteiger partial charge in [-0.25, -0.2) is 0 Å². The van der Waals surface area contributed by atoms with Gasteiger partial charge in [0.1, 0.15) is 12.0 Å². The molecule has 0 fully saturated rings. The van der Waals surface area contributed by atoms with Crippen LogP contribution in [0, 0.1) is 12.3 Å². The Bertz CT molecular complexity index is 1610. The topological polar surface area (TPSA) is 78.8 Å². The molecule has 0 saturated heterocycles. The maximum atomic E-state index is 13.8. The number of aryl methyl sites for hydroxylation is 1. The molecule has 0 saturated carbocycles. The Hall–Kier alpha value is -4.46. The van der Waals surface area contributed by atoms with E-state index in [0.717, 1.165) is 22.0 Å². The number of anilines is 2. The first kappa shape index (κ1) is 28.1. The smallest absolute Gasteiger partial charge is 0.242 e. The van der Waals surface area contributed by atoms with Crippen molar-refractivity contribution < 1.29 is 14.4 Å². The van der Waals surface area contributed by atoms with E-state index in [1.807, 2.05) is 71.2 Å². The van der Waals surface area contributed by atoms with Gasteiger partial charge in [-0.1, -0.05) is 24.3 Å². The first-order chi connectivity index (χ1) is 19.6. The Morgan fingerprint density at radius 1 is 0.976 bits per heavy atom. The van der Waals surface area contributed by atoms with Crippen LogP contribution in [-0.4, -0.2) is 52.3 Å². The number of hydrogen-bond donors (Lipinski definition) is 0. The highest BCUT2D eigenvalue weighted by Crippen LogP contribution is 2.39. The van der Waals surface area contributed by atoms with Crippen LogP contribution in [0.1, 0.15) is 37.5 Å².